The Morgan fingerprint density at radius 1 is 1.40 bits per heavy atom. The number of nitrogens with zero attached hydrogens (tertiary/aromatic N) is 1. The van der Waals surface area contributed by atoms with Gasteiger partial charge in [0.1, 0.15) is 4.32 Å². The summed E-state index contributed by atoms with van der Waals surface area (Å²) in [6.45, 7) is 0.450. The van der Waals surface area contributed by atoms with Gasteiger partial charge in [0.25, 0.3) is 5.91 Å². The molecule has 106 valence electrons. The van der Waals surface area contributed by atoms with Crippen molar-refractivity contribution >= 4 is 63.5 Å². The average Bonchev–Trinajstić information content (AvgIpc) is 2.66. The van der Waals surface area contributed by atoms with Gasteiger partial charge in [-0.25, -0.2) is 0 Å². The van der Waals surface area contributed by atoms with Gasteiger partial charge in [-0.2, -0.15) is 0 Å². The van der Waals surface area contributed by atoms with E-state index in [9.17, 15) is 4.79 Å². The Morgan fingerprint density at radius 2 is 2.15 bits per heavy atom. The number of rotatable bonds is 4. The van der Waals surface area contributed by atoms with Crippen molar-refractivity contribution in [3.8, 4) is 0 Å². The van der Waals surface area contributed by atoms with E-state index in [1.54, 1.807) is 24.3 Å². The molecule has 0 radical (unpaired) electrons. The number of carbonyl (C=O) groups excluding carboxylic acids is 1. The van der Waals surface area contributed by atoms with Gasteiger partial charge < -0.3 is 5.11 Å². The van der Waals surface area contributed by atoms with Gasteiger partial charge in [0.2, 0.25) is 0 Å². The number of halogens is 2. The van der Waals surface area contributed by atoms with E-state index < -0.39 is 0 Å². The van der Waals surface area contributed by atoms with Crippen molar-refractivity contribution in [2.45, 2.75) is 6.42 Å². The van der Waals surface area contributed by atoms with E-state index in [4.69, 9.17) is 40.5 Å². The number of hydrogen-bond donors (Lipinski definition) is 1. The molecule has 0 aliphatic carbocycles. The molecule has 7 heteroatoms. The first-order chi connectivity index (χ1) is 9.52. The topological polar surface area (TPSA) is 40.5 Å². The maximum Gasteiger partial charge on any atom is 0.266 e. The lowest BCUT2D eigenvalue weighted by atomic mass is 10.2. The molecular weight excluding hydrogens is 337 g/mol. The molecule has 1 amide bonds. The van der Waals surface area contributed by atoms with E-state index >= 15 is 0 Å². The molecule has 1 N–H and O–H groups in total. The first-order valence-electron chi connectivity index (χ1n) is 5.84. The molecule has 0 unspecified atom stereocenters. The summed E-state index contributed by atoms with van der Waals surface area (Å²) in [4.78, 5) is 14.2. The van der Waals surface area contributed by atoms with Crippen LogP contribution in [0, 0.1) is 0 Å². The maximum atomic E-state index is 12.2. The molecule has 2 rings (SSSR count). The van der Waals surface area contributed by atoms with Crippen LogP contribution < -0.4 is 0 Å². The zero-order chi connectivity index (χ0) is 14.7. The van der Waals surface area contributed by atoms with Gasteiger partial charge in [-0.05, 0) is 30.2 Å². The molecule has 3 nitrogen and oxygen atoms in total. The summed E-state index contributed by atoms with van der Waals surface area (Å²) in [6.07, 6.45) is 2.21. The monoisotopic (exact) mass is 347 g/mol. The number of carbonyl (C=O) groups is 1. The maximum absolute atomic E-state index is 12.2. The Hall–Kier alpha value is -0.590. The van der Waals surface area contributed by atoms with Gasteiger partial charge in [0.15, 0.2) is 0 Å². The molecule has 1 fully saturated rings. The summed E-state index contributed by atoms with van der Waals surface area (Å²) in [7, 11) is 0. The highest BCUT2D eigenvalue weighted by atomic mass is 35.5. The van der Waals surface area contributed by atoms with Crippen LogP contribution in [-0.4, -0.2) is 33.4 Å². The summed E-state index contributed by atoms with van der Waals surface area (Å²) in [5.74, 6) is -0.153. The van der Waals surface area contributed by atoms with Gasteiger partial charge in [0, 0.05) is 23.2 Å². The van der Waals surface area contributed by atoms with Crippen molar-refractivity contribution in [1.29, 1.82) is 0 Å². The molecule has 1 aliphatic heterocycles. The summed E-state index contributed by atoms with van der Waals surface area (Å²) in [6, 6.07) is 5.10. The molecule has 1 aliphatic rings. The summed E-state index contributed by atoms with van der Waals surface area (Å²) in [5, 5.41) is 9.86. The first-order valence-corrected chi connectivity index (χ1v) is 7.82. The number of aliphatic hydroxyl groups excluding tert-OH is 1. The van der Waals surface area contributed by atoms with Crippen LogP contribution in [0.25, 0.3) is 6.08 Å². The van der Waals surface area contributed by atoms with Crippen molar-refractivity contribution in [2.24, 2.45) is 0 Å². The van der Waals surface area contributed by atoms with Gasteiger partial charge >= 0.3 is 0 Å². The normalized spacial score (nSPS) is 17.4. The van der Waals surface area contributed by atoms with E-state index in [0.717, 1.165) is 5.56 Å². The van der Waals surface area contributed by atoms with Crippen molar-refractivity contribution in [1.82, 2.24) is 4.90 Å². The standard InChI is InChI=1S/C13H11Cl2NO2S2/c14-9-3-2-8(10(15)7-9)6-11-12(18)16(4-1-5-17)13(19)20-11/h2-3,6-7,17H,1,4-5H2/b11-6-. The zero-order valence-electron chi connectivity index (χ0n) is 10.3. The lowest BCUT2D eigenvalue weighted by Gasteiger charge is -2.12. The number of benzene rings is 1. The van der Waals surface area contributed by atoms with Gasteiger partial charge in [0.05, 0.1) is 4.91 Å². The van der Waals surface area contributed by atoms with Crippen LogP contribution in [0.5, 0.6) is 0 Å². The molecule has 0 spiro atoms. The van der Waals surface area contributed by atoms with Crippen LogP contribution >= 0.6 is 47.2 Å². The Balaban J connectivity index is 2.23. The van der Waals surface area contributed by atoms with E-state index in [2.05, 4.69) is 0 Å². The molecule has 0 bridgehead atoms. The minimum Gasteiger partial charge on any atom is -0.396 e. The second-order valence-electron chi connectivity index (χ2n) is 4.08. The van der Waals surface area contributed by atoms with Crippen LogP contribution in [0.4, 0.5) is 0 Å². The second-order valence-corrected chi connectivity index (χ2v) is 6.60. The number of amides is 1. The van der Waals surface area contributed by atoms with E-state index in [0.29, 0.717) is 32.2 Å². The number of thiocarbonyl (C=S) groups is 1. The molecule has 0 aromatic heterocycles. The fraction of sp³-hybridized carbons (Fsp3) is 0.231. The van der Waals surface area contributed by atoms with E-state index in [1.807, 2.05) is 0 Å². The minimum atomic E-state index is -0.153. The average molecular weight is 348 g/mol. The fourth-order valence-corrected chi connectivity index (χ4v) is 3.44. The lowest BCUT2D eigenvalue weighted by molar-refractivity contribution is -0.122. The molecule has 0 atom stereocenters. The van der Waals surface area contributed by atoms with Crippen molar-refractivity contribution < 1.29 is 9.90 Å². The Bertz CT molecular complexity index is 590. The third-order valence-electron chi connectivity index (χ3n) is 2.66. The third kappa shape index (κ3) is 3.54. The zero-order valence-corrected chi connectivity index (χ0v) is 13.5. The number of thioether (sulfide) groups is 1. The minimum absolute atomic E-state index is 0.0269. The quantitative estimate of drug-likeness (QED) is 0.667. The molecular formula is C13H11Cl2NO2S2. The van der Waals surface area contributed by atoms with E-state index in [-0.39, 0.29) is 12.5 Å². The molecule has 1 aromatic carbocycles. The van der Waals surface area contributed by atoms with Gasteiger partial charge in [-0.3, -0.25) is 9.69 Å². The Labute approximate surface area is 136 Å². The molecule has 1 saturated heterocycles. The van der Waals surface area contributed by atoms with Gasteiger partial charge in [-0.1, -0.05) is 53.2 Å². The molecule has 0 saturated carbocycles. The highest BCUT2D eigenvalue weighted by Gasteiger charge is 2.31. The lowest BCUT2D eigenvalue weighted by Crippen LogP contribution is -2.29. The summed E-state index contributed by atoms with van der Waals surface area (Å²) >= 11 is 18.3. The Morgan fingerprint density at radius 3 is 2.80 bits per heavy atom. The second kappa shape index (κ2) is 6.91. The van der Waals surface area contributed by atoms with Crippen molar-refractivity contribution in [3.05, 3.63) is 38.7 Å². The third-order valence-corrected chi connectivity index (χ3v) is 4.60. The van der Waals surface area contributed by atoms with Crippen LogP contribution in [0.2, 0.25) is 10.0 Å². The molecule has 20 heavy (non-hydrogen) atoms. The predicted octanol–water partition coefficient (Wildman–Crippen LogP) is 3.58. The van der Waals surface area contributed by atoms with Crippen LogP contribution in [0.15, 0.2) is 23.1 Å². The number of aliphatic hydroxyl groups is 1. The van der Waals surface area contributed by atoms with Crippen LogP contribution in [-0.2, 0) is 4.79 Å². The van der Waals surface area contributed by atoms with Crippen LogP contribution in [0.1, 0.15) is 12.0 Å². The highest BCUT2D eigenvalue weighted by Crippen LogP contribution is 2.34. The number of hydrogen-bond acceptors (Lipinski definition) is 4. The first kappa shape index (κ1) is 15.8. The molecule has 1 aromatic rings. The van der Waals surface area contributed by atoms with Crippen LogP contribution in [0.3, 0.4) is 0 Å². The SMILES string of the molecule is O=C1/C(=C/c2ccc(Cl)cc2Cl)SC(=S)N1CCCO. The fourth-order valence-electron chi connectivity index (χ4n) is 1.68. The Kier molecular flexibility index (Phi) is 5.46. The van der Waals surface area contributed by atoms with Crippen molar-refractivity contribution in [2.75, 3.05) is 13.2 Å². The molecule has 1 heterocycles. The summed E-state index contributed by atoms with van der Waals surface area (Å²) in [5.41, 5.74) is 0.721. The highest BCUT2D eigenvalue weighted by molar-refractivity contribution is 8.26. The predicted molar refractivity (Wildman–Crippen MR) is 88.0 cm³/mol. The summed E-state index contributed by atoms with van der Waals surface area (Å²) < 4.78 is 0.500. The smallest absolute Gasteiger partial charge is 0.266 e. The largest absolute Gasteiger partial charge is 0.396 e. The van der Waals surface area contributed by atoms with Crippen molar-refractivity contribution in [3.63, 3.8) is 0 Å². The van der Waals surface area contributed by atoms with Gasteiger partial charge in [-0.15, -0.1) is 0 Å². The van der Waals surface area contributed by atoms with E-state index in [1.165, 1.54) is 16.7 Å².